The quantitative estimate of drug-likeness (QED) is 0.591. The Kier molecular flexibility index (Phi) is 7.82. The first-order valence-electron chi connectivity index (χ1n) is 11.7. The van der Waals surface area contributed by atoms with Gasteiger partial charge in [0.2, 0.25) is 0 Å². The average molecular weight is 501 g/mol. The molecule has 8 nitrogen and oxygen atoms in total. The summed E-state index contributed by atoms with van der Waals surface area (Å²) in [5.74, 6) is -0.975. The molecule has 1 aromatic carbocycles. The van der Waals surface area contributed by atoms with E-state index in [4.69, 9.17) is 4.74 Å². The SMILES string of the molecule is CCOC(=O)C1=C(CN2CCN(C(=O)c3cccs3)CC2)N(CC)C(=O)N[C@@H]1c1cccc(F)c1. The van der Waals surface area contributed by atoms with E-state index in [-0.39, 0.29) is 18.5 Å². The predicted molar refractivity (Wildman–Crippen MR) is 130 cm³/mol. The van der Waals surface area contributed by atoms with Crippen LogP contribution in [-0.4, -0.2) is 78.5 Å². The molecule has 0 bridgehead atoms. The van der Waals surface area contributed by atoms with Gasteiger partial charge in [0.1, 0.15) is 5.82 Å². The van der Waals surface area contributed by atoms with E-state index in [1.54, 1.807) is 19.1 Å². The van der Waals surface area contributed by atoms with Gasteiger partial charge in [-0.25, -0.2) is 14.0 Å². The molecule has 0 spiro atoms. The first kappa shape index (κ1) is 24.9. The van der Waals surface area contributed by atoms with Crippen molar-refractivity contribution < 1.29 is 23.5 Å². The summed E-state index contributed by atoms with van der Waals surface area (Å²) in [6.45, 7) is 6.71. The lowest BCUT2D eigenvalue weighted by atomic mass is 9.94. The summed E-state index contributed by atoms with van der Waals surface area (Å²) in [7, 11) is 0. The molecule has 10 heteroatoms. The Bertz CT molecular complexity index is 1110. The summed E-state index contributed by atoms with van der Waals surface area (Å²) in [6, 6.07) is 8.38. The molecule has 2 aromatic rings. The number of hydrogen-bond acceptors (Lipinski definition) is 6. The van der Waals surface area contributed by atoms with E-state index in [9.17, 15) is 18.8 Å². The standard InChI is InChI=1S/C25H29FN4O4S/c1-3-30-19(16-28-10-12-29(13-11-28)23(31)20-9-6-14-35-20)21(24(32)34-4-2)22(27-25(30)33)17-7-5-8-18(26)15-17/h5-9,14-15,22H,3-4,10-13,16H2,1-2H3,(H,27,33)/t22-/m1/s1. The molecule has 1 N–H and O–H groups in total. The van der Waals surface area contributed by atoms with Crippen molar-refractivity contribution in [1.29, 1.82) is 0 Å². The largest absolute Gasteiger partial charge is 0.463 e. The fourth-order valence-electron chi connectivity index (χ4n) is 4.47. The summed E-state index contributed by atoms with van der Waals surface area (Å²) in [5.41, 5.74) is 1.32. The minimum atomic E-state index is -0.822. The molecule has 1 fully saturated rings. The van der Waals surface area contributed by atoms with Crippen molar-refractivity contribution in [1.82, 2.24) is 20.0 Å². The van der Waals surface area contributed by atoms with Crippen LogP contribution in [-0.2, 0) is 9.53 Å². The predicted octanol–water partition coefficient (Wildman–Crippen LogP) is 3.25. The molecule has 1 atom stereocenters. The number of nitrogens with one attached hydrogen (secondary N) is 1. The van der Waals surface area contributed by atoms with Crippen molar-refractivity contribution >= 4 is 29.2 Å². The maximum atomic E-state index is 14.0. The fourth-order valence-corrected chi connectivity index (χ4v) is 5.16. The minimum Gasteiger partial charge on any atom is -0.463 e. The molecular weight excluding hydrogens is 471 g/mol. The third-order valence-corrected chi connectivity index (χ3v) is 7.05. The Morgan fingerprint density at radius 3 is 2.54 bits per heavy atom. The van der Waals surface area contributed by atoms with Crippen LogP contribution in [0.5, 0.6) is 0 Å². The minimum absolute atomic E-state index is 0.0180. The average Bonchev–Trinajstić information content (AvgIpc) is 3.39. The number of rotatable bonds is 7. The van der Waals surface area contributed by atoms with E-state index in [0.29, 0.717) is 61.0 Å². The van der Waals surface area contributed by atoms with Gasteiger partial charge < -0.3 is 15.0 Å². The Morgan fingerprint density at radius 2 is 1.91 bits per heavy atom. The van der Waals surface area contributed by atoms with Crippen molar-refractivity contribution in [2.75, 3.05) is 45.9 Å². The molecule has 35 heavy (non-hydrogen) atoms. The van der Waals surface area contributed by atoms with Crippen LogP contribution in [0.15, 0.2) is 53.0 Å². The number of urea groups is 1. The van der Waals surface area contributed by atoms with Gasteiger partial charge in [0.25, 0.3) is 5.91 Å². The summed E-state index contributed by atoms with van der Waals surface area (Å²) in [6.07, 6.45) is 0. The normalized spacial score (nSPS) is 19.1. The lowest BCUT2D eigenvalue weighted by molar-refractivity contribution is -0.139. The van der Waals surface area contributed by atoms with Gasteiger partial charge in [-0.1, -0.05) is 18.2 Å². The van der Waals surface area contributed by atoms with Crippen molar-refractivity contribution in [2.45, 2.75) is 19.9 Å². The first-order chi connectivity index (χ1) is 16.9. The van der Waals surface area contributed by atoms with Crippen molar-refractivity contribution in [2.24, 2.45) is 0 Å². The van der Waals surface area contributed by atoms with Crippen LogP contribution in [0, 0.1) is 5.82 Å². The third-order valence-electron chi connectivity index (χ3n) is 6.20. The van der Waals surface area contributed by atoms with E-state index < -0.39 is 17.8 Å². The number of piperazine rings is 1. The van der Waals surface area contributed by atoms with E-state index in [1.807, 2.05) is 29.3 Å². The van der Waals surface area contributed by atoms with Gasteiger partial charge >= 0.3 is 12.0 Å². The summed E-state index contributed by atoms with van der Waals surface area (Å²) >= 11 is 1.42. The Labute approximate surface area is 207 Å². The second-order valence-electron chi connectivity index (χ2n) is 8.31. The van der Waals surface area contributed by atoms with Crippen molar-refractivity contribution in [3.63, 3.8) is 0 Å². The zero-order chi connectivity index (χ0) is 24.9. The zero-order valence-corrected chi connectivity index (χ0v) is 20.6. The molecule has 3 amide bonds. The number of carbonyl (C=O) groups is 3. The van der Waals surface area contributed by atoms with Crippen LogP contribution in [0.3, 0.4) is 0 Å². The summed E-state index contributed by atoms with van der Waals surface area (Å²) in [4.78, 5) is 45.0. The maximum Gasteiger partial charge on any atom is 0.338 e. The molecular formula is C25H29FN4O4S. The van der Waals surface area contributed by atoms with E-state index in [2.05, 4.69) is 10.2 Å². The van der Waals surface area contributed by atoms with Crippen molar-refractivity contribution in [3.05, 3.63) is 69.3 Å². The highest BCUT2D eigenvalue weighted by Gasteiger charge is 2.38. The van der Waals surface area contributed by atoms with Gasteiger partial charge in [0.05, 0.1) is 23.1 Å². The highest BCUT2D eigenvalue weighted by atomic mass is 32.1. The van der Waals surface area contributed by atoms with Crippen LogP contribution in [0.1, 0.15) is 35.1 Å². The molecule has 186 valence electrons. The third kappa shape index (κ3) is 5.38. The van der Waals surface area contributed by atoms with Gasteiger partial charge in [-0.05, 0) is 43.0 Å². The Balaban J connectivity index is 1.61. The zero-order valence-electron chi connectivity index (χ0n) is 19.8. The lowest BCUT2D eigenvalue weighted by Gasteiger charge is -2.40. The smallest absolute Gasteiger partial charge is 0.338 e. The van der Waals surface area contributed by atoms with Crippen LogP contribution < -0.4 is 5.32 Å². The van der Waals surface area contributed by atoms with Crippen LogP contribution in [0.2, 0.25) is 0 Å². The van der Waals surface area contributed by atoms with Crippen molar-refractivity contribution in [3.8, 4) is 0 Å². The number of esters is 1. The van der Waals surface area contributed by atoms with Gasteiger partial charge in [-0.15, -0.1) is 11.3 Å². The monoisotopic (exact) mass is 500 g/mol. The number of halogens is 1. The van der Waals surface area contributed by atoms with Crippen LogP contribution in [0.25, 0.3) is 0 Å². The maximum absolute atomic E-state index is 14.0. The number of ether oxygens (including phenoxy) is 1. The Hall–Kier alpha value is -3.24. The van der Waals surface area contributed by atoms with E-state index in [0.717, 1.165) is 0 Å². The number of amides is 3. The summed E-state index contributed by atoms with van der Waals surface area (Å²) < 4.78 is 19.4. The van der Waals surface area contributed by atoms with Gasteiger partial charge in [-0.2, -0.15) is 0 Å². The highest BCUT2D eigenvalue weighted by Crippen LogP contribution is 2.32. The number of carbonyl (C=O) groups excluding carboxylic acids is 3. The lowest BCUT2D eigenvalue weighted by Crippen LogP contribution is -2.53. The molecule has 3 heterocycles. The first-order valence-corrected chi connectivity index (χ1v) is 12.6. The molecule has 4 rings (SSSR count). The number of nitrogens with zero attached hydrogens (tertiary/aromatic N) is 3. The number of benzene rings is 1. The van der Waals surface area contributed by atoms with E-state index in [1.165, 1.54) is 28.4 Å². The molecule has 0 aliphatic carbocycles. The number of hydrogen-bond donors (Lipinski definition) is 1. The molecule has 2 aliphatic heterocycles. The molecule has 2 aliphatic rings. The van der Waals surface area contributed by atoms with Crippen LogP contribution >= 0.6 is 11.3 Å². The number of likely N-dealkylation sites (N-methyl/N-ethyl adjacent to an activating group) is 1. The topological polar surface area (TPSA) is 82.2 Å². The van der Waals surface area contributed by atoms with Gasteiger partial charge in [0.15, 0.2) is 0 Å². The number of thiophene rings is 1. The molecule has 1 aromatic heterocycles. The molecule has 0 radical (unpaired) electrons. The summed E-state index contributed by atoms with van der Waals surface area (Å²) in [5, 5.41) is 4.73. The van der Waals surface area contributed by atoms with E-state index >= 15 is 0 Å². The Morgan fingerprint density at radius 1 is 1.14 bits per heavy atom. The molecule has 0 saturated carbocycles. The van der Waals surface area contributed by atoms with Gasteiger partial charge in [-0.3, -0.25) is 14.6 Å². The highest BCUT2D eigenvalue weighted by molar-refractivity contribution is 7.12. The fraction of sp³-hybridized carbons (Fsp3) is 0.400. The molecule has 1 saturated heterocycles. The van der Waals surface area contributed by atoms with Gasteiger partial charge in [0, 0.05) is 45.0 Å². The molecule has 0 unspecified atom stereocenters. The second kappa shape index (κ2) is 11.0. The second-order valence-corrected chi connectivity index (χ2v) is 9.26. The van der Waals surface area contributed by atoms with Crippen LogP contribution in [0.4, 0.5) is 9.18 Å².